The van der Waals surface area contributed by atoms with Gasteiger partial charge in [0.25, 0.3) is 0 Å². The van der Waals surface area contributed by atoms with Gasteiger partial charge in [-0.1, -0.05) is 44.7 Å². The van der Waals surface area contributed by atoms with Crippen LogP contribution in [-0.4, -0.2) is 18.2 Å². The minimum atomic E-state index is -0.815. The molecule has 0 spiro atoms. The molecule has 1 aromatic rings. The highest BCUT2D eigenvalue weighted by molar-refractivity contribution is 6.31. The summed E-state index contributed by atoms with van der Waals surface area (Å²) in [5.41, 5.74) is 0.908. The lowest BCUT2D eigenvalue weighted by Gasteiger charge is -2.34. The molecule has 0 amide bonds. The molecule has 2 rings (SSSR count). The molecule has 0 aliphatic heterocycles. The number of hydrogen-bond acceptors (Lipinski definition) is 2. The van der Waals surface area contributed by atoms with E-state index in [1.807, 2.05) is 12.1 Å². The van der Waals surface area contributed by atoms with E-state index in [0.29, 0.717) is 23.6 Å². The van der Waals surface area contributed by atoms with Crippen molar-refractivity contribution in [1.29, 1.82) is 0 Å². The van der Waals surface area contributed by atoms with E-state index < -0.39 is 11.4 Å². The Kier molecular flexibility index (Phi) is 4.82. The van der Waals surface area contributed by atoms with Crippen molar-refractivity contribution in [3.8, 4) is 5.75 Å². The summed E-state index contributed by atoms with van der Waals surface area (Å²) in [6.45, 7) is 4.11. The molecule has 4 heteroatoms. The number of hydrogen-bond donors (Lipinski definition) is 1. The van der Waals surface area contributed by atoms with Crippen molar-refractivity contribution in [2.24, 2.45) is 0 Å². The SMILES string of the molecule is COc1cc(C2(C(=O)O)CCCCC2)cc(Cl)c1C(C)C. The Balaban J connectivity index is 2.57. The van der Waals surface area contributed by atoms with Gasteiger partial charge in [0.05, 0.1) is 12.5 Å². The minimum absolute atomic E-state index is 0.230. The molecule has 1 aliphatic carbocycles. The Morgan fingerprint density at radius 1 is 1.29 bits per heavy atom. The van der Waals surface area contributed by atoms with Crippen LogP contribution in [0.2, 0.25) is 5.02 Å². The van der Waals surface area contributed by atoms with Crippen molar-refractivity contribution in [3.63, 3.8) is 0 Å². The molecule has 1 aromatic carbocycles. The summed E-state index contributed by atoms with van der Waals surface area (Å²) in [6, 6.07) is 3.71. The van der Waals surface area contributed by atoms with Crippen molar-refractivity contribution in [2.45, 2.75) is 57.3 Å². The van der Waals surface area contributed by atoms with Gasteiger partial charge in [-0.3, -0.25) is 4.79 Å². The highest BCUT2D eigenvalue weighted by atomic mass is 35.5. The third-order valence-electron chi connectivity index (χ3n) is 4.56. The molecule has 116 valence electrons. The van der Waals surface area contributed by atoms with Gasteiger partial charge in [-0.15, -0.1) is 0 Å². The summed E-state index contributed by atoms with van der Waals surface area (Å²) in [5.74, 6) is 0.171. The number of aliphatic carboxylic acids is 1. The number of carbonyl (C=O) groups is 1. The normalized spacial score (nSPS) is 17.8. The maximum Gasteiger partial charge on any atom is 0.314 e. The van der Waals surface area contributed by atoms with Crippen LogP contribution in [-0.2, 0) is 10.2 Å². The number of carboxylic acid groups (broad SMARTS) is 1. The average Bonchev–Trinajstić information content (AvgIpc) is 2.46. The zero-order valence-corrected chi connectivity index (χ0v) is 13.7. The first-order chi connectivity index (χ1) is 9.92. The predicted molar refractivity (Wildman–Crippen MR) is 84.5 cm³/mol. The molecule has 0 aromatic heterocycles. The highest BCUT2D eigenvalue weighted by Crippen LogP contribution is 2.44. The second kappa shape index (κ2) is 6.27. The van der Waals surface area contributed by atoms with E-state index in [4.69, 9.17) is 16.3 Å². The Bertz CT molecular complexity index is 531. The van der Waals surface area contributed by atoms with Gasteiger partial charge in [0.2, 0.25) is 0 Å². The lowest BCUT2D eigenvalue weighted by Crippen LogP contribution is -2.37. The van der Waals surface area contributed by atoms with E-state index in [1.165, 1.54) is 0 Å². The van der Waals surface area contributed by atoms with Crippen LogP contribution in [0.15, 0.2) is 12.1 Å². The van der Waals surface area contributed by atoms with Crippen molar-refractivity contribution >= 4 is 17.6 Å². The molecule has 0 radical (unpaired) electrons. The number of carboxylic acids is 1. The third kappa shape index (κ3) is 2.89. The van der Waals surface area contributed by atoms with E-state index in [9.17, 15) is 9.90 Å². The molecule has 0 saturated heterocycles. The average molecular weight is 311 g/mol. The Labute approximate surface area is 131 Å². The first-order valence-electron chi connectivity index (χ1n) is 7.53. The Hall–Kier alpha value is -1.22. The summed E-state index contributed by atoms with van der Waals surface area (Å²) < 4.78 is 5.47. The molecule has 0 unspecified atom stereocenters. The van der Waals surface area contributed by atoms with E-state index in [-0.39, 0.29) is 5.92 Å². The van der Waals surface area contributed by atoms with E-state index in [0.717, 1.165) is 30.4 Å². The number of halogens is 1. The van der Waals surface area contributed by atoms with Gasteiger partial charge in [-0.05, 0) is 36.5 Å². The fourth-order valence-corrected chi connectivity index (χ4v) is 3.81. The highest BCUT2D eigenvalue weighted by Gasteiger charge is 2.42. The molecule has 0 atom stereocenters. The molecule has 1 fully saturated rings. The van der Waals surface area contributed by atoms with Crippen LogP contribution in [0.3, 0.4) is 0 Å². The van der Waals surface area contributed by atoms with Crippen LogP contribution in [0.4, 0.5) is 0 Å². The molecule has 3 nitrogen and oxygen atoms in total. The van der Waals surface area contributed by atoms with Gasteiger partial charge in [-0.2, -0.15) is 0 Å². The van der Waals surface area contributed by atoms with Gasteiger partial charge in [0.1, 0.15) is 5.75 Å². The molecule has 1 saturated carbocycles. The third-order valence-corrected chi connectivity index (χ3v) is 4.87. The smallest absolute Gasteiger partial charge is 0.314 e. The van der Waals surface area contributed by atoms with Gasteiger partial charge >= 0.3 is 5.97 Å². The minimum Gasteiger partial charge on any atom is -0.496 e. The fourth-order valence-electron chi connectivity index (χ4n) is 3.38. The van der Waals surface area contributed by atoms with Crippen LogP contribution in [0.1, 0.15) is 63.0 Å². The molecule has 21 heavy (non-hydrogen) atoms. The van der Waals surface area contributed by atoms with Crippen LogP contribution >= 0.6 is 11.6 Å². The maximum atomic E-state index is 11.9. The fraction of sp³-hybridized carbons (Fsp3) is 0.588. The van der Waals surface area contributed by atoms with Gasteiger partial charge in [-0.25, -0.2) is 0 Å². The Morgan fingerprint density at radius 2 is 1.90 bits per heavy atom. The summed E-state index contributed by atoms with van der Waals surface area (Å²) in [4.78, 5) is 11.9. The largest absolute Gasteiger partial charge is 0.496 e. The van der Waals surface area contributed by atoms with Crippen LogP contribution in [0, 0.1) is 0 Å². The van der Waals surface area contributed by atoms with Gasteiger partial charge < -0.3 is 9.84 Å². The first kappa shape index (κ1) is 16.2. The molecular weight excluding hydrogens is 288 g/mol. The van der Waals surface area contributed by atoms with Crippen molar-refractivity contribution < 1.29 is 14.6 Å². The lowest BCUT2D eigenvalue weighted by molar-refractivity contribution is -0.145. The van der Waals surface area contributed by atoms with Crippen LogP contribution < -0.4 is 4.74 Å². The molecule has 0 heterocycles. The van der Waals surface area contributed by atoms with Crippen molar-refractivity contribution in [2.75, 3.05) is 7.11 Å². The second-order valence-corrected chi connectivity index (χ2v) is 6.58. The quantitative estimate of drug-likeness (QED) is 0.872. The van der Waals surface area contributed by atoms with Crippen LogP contribution in [0.25, 0.3) is 0 Å². The first-order valence-corrected chi connectivity index (χ1v) is 7.91. The lowest BCUT2D eigenvalue weighted by atomic mass is 9.69. The van der Waals surface area contributed by atoms with Crippen molar-refractivity contribution in [1.82, 2.24) is 0 Å². The van der Waals surface area contributed by atoms with Crippen LogP contribution in [0.5, 0.6) is 5.75 Å². The van der Waals surface area contributed by atoms with E-state index >= 15 is 0 Å². The number of rotatable bonds is 4. The molecule has 1 N–H and O–H groups in total. The monoisotopic (exact) mass is 310 g/mol. The predicted octanol–water partition coefficient (Wildman–Crippen LogP) is 4.76. The Morgan fingerprint density at radius 3 is 2.38 bits per heavy atom. The summed E-state index contributed by atoms with van der Waals surface area (Å²) in [7, 11) is 1.61. The molecular formula is C17H23ClO3. The topological polar surface area (TPSA) is 46.5 Å². The van der Waals surface area contributed by atoms with Crippen molar-refractivity contribution in [3.05, 3.63) is 28.3 Å². The zero-order valence-electron chi connectivity index (χ0n) is 12.9. The van der Waals surface area contributed by atoms with Gasteiger partial charge in [0, 0.05) is 10.6 Å². The standard InChI is InChI=1S/C17H23ClO3/c1-11(2)15-13(18)9-12(10-14(15)21-3)17(16(19)20)7-5-4-6-8-17/h9-11H,4-8H2,1-3H3,(H,19,20). The molecule has 0 bridgehead atoms. The maximum absolute atomic E-state index is 11.9. The summed E-state index contributed by atoms with van der Waals surface area (Å²) in [5, 5.41) is 10.4. The van der Waals surface area contributed by atoms with Gasteiger partial charge in [0.15, 0.2) is 0 Å². The summed E-state index contributed by atoms with van der Waals surface area (Å²) >= 11 is 6.42. The molecule has 1 aliphatic rings. The number of methoxy groups -OCH3 is 1. The number of benzene rings is 1. The number of ether oxygens (including phenoxy) is 1. The van der Waals surface area contributed by atoms with E-state index in [2.05, 4.69) is 13.8 Å². The second-order valence-electron chi connectivity index (χ2n) is 6.18. The zero-order chi connectivity index (χ0) is 15.6. The van der Waals surface area contributed by atoms with E-state index in [1.54, 1.807) is 7.11 Å². The summed E-state index contributed by atoms with van der Waals surface area (Å²) in [6.07, 6.45) is 4.33.